The van der Waals surface area contributed by atoms with Crippen LogP contribution in [-0.4, -0.2) is 18.6 Å². The SMILES string of the molecule is O=C(COCc1ccccc1)C[P+](c1ccccc1)(c1ccccc1)c1ccccc1. The summed E-state index contributed by atoms with van der Waals surface area (Å²) in [5.41, 5.74) is 1.07. The first kappa shape index (κ1) is 21.2. The molecule has 0 aromatic heterocycles. The maximum atomic E-state index is 13.3. The number of benzene rings is 4. The lowest BCUT2D eigenvalue weighted by molar-refractivity contribution is -0.121. The molecule has 0 aliphatic carbocycles. The summed E-state index contributed by atoms with van der Waals surface area (Å²) in [5, 5.41) is 3.64. The largest absolute Gasteiger partial charge is 0.369 e. The molecule has 154 valence electrons. The van der Waals surface area contributed by atoms with Crippen LogP contribution in [0.25, 0.3) is 0 Å². The molecule has 0 fully saturated rings. The Morgan fingerprint density at radius 2 is 0.968 bits per heavy atom. The van der Waals surface area contributed by atoms with E-state index in [-0.39, 0.29) is 12.4 Å². The average molecular weight is 425 g/mol. The molecule has 0 aliphatic heterocycles. The Labute approximate surface area is 184 Å². The molecule has 0 heterocycles. The monoisotopic (exact) mass is 425 g/mol. The van der Waals surface area contributed by atoms with Gasteiger partial charge in [-0.3, -0.25) is 4.79 Å². The van der Waals surface area contributed by atoms with Crippen molar-refractivity contribution in [3.05, 3.63) is 127 Å². The van der Waals surface area contributed by atoms with Crippen molar-refractivity contribution >= 4 is 29.0 Å². The minimum atomic E-state index is -2.15. The number of ketones is 1. The Morgan fingerprint density at radius 3 is 1.39 bits per heavy atom. The molecule has 0 amide bonds. The second-order valence-electron chi connectivity index (χ2n) is 7.49. The molecular weight excluding hydrogens is 399 g/mol. The third-order valence-corrected chi connectivity index (χ3v) is 9.75. The van der Waals surface area contributed by atoms with Gasteiger partial charge in [-0.05, 0) is 42.0 Å². The van der Waals surface area contributed by atoms with Gasteiger partial charge in [-0.25, -0.2) is 0 Å². The molecule has 0 aliphatic rings. The fourth-order valence-corrected chi connectivity index (χ4v) is 8.04. The lowest BCUT2D eigenvalue weighted by Gasteiger charge is -2.27. The number of hydrogen-bond donors (Lipinski definition) is 0. The predicted octanol–water partition coefficient (Wildman–Crippen LogP) is 4.77. The average Bonchev–Trinajstić information content (AvgIpc) is 2.85. The second kappa shape index (κ2) is 10.3. The van der Waals surface area contributed by atoms with E-state index in [0.29, 0.717) is 12.8 Å². The van der Waals surface area contributed by atoms with Gasteiger partial charge in [0.1, 0.15) is 35.9 Å². The van der Waals surface area contributed by atoms with Crippen LogP contribution in [0.2, 0.25) is 0 Å². The van der Waals surface area contributed by atoms with Crippen LogP contribution in [0.3, 0.4) is 0 Å². The van der Waals surface area contributed by atoms with Crippen molar-refractivity contribution in [1.82, 2.24) is 0 Å². The van der Waals surface area contributed by atoms with Crippen LogP contribution >= 0.6 is 7.26 Å². The molecule has 4 aromatic carbocycles. The van der Waals surface area contributed by atoms with Gasteiger partial charge in [0, 0.05) is 0 Å². The van der Waals surface area contributed by atoms with Gasteiger partial charge in [0.15, 0.2) is 5.78 Å². The van der Waals surface area contributed by atoms with Crippen molar-refractivity contribution in [1.29, 1.82) is 0 Å². The molecule has 3 heteroatoms. The van der Waals surface area contributed by atoms with E-state index in [1.165, 1.54) is 15.9 Å². The normalized spacial score (nSPS) is 11.2. The molecule has 0 spiro atoms. The van der Waals surface area contributed by atoms with Gasteiger partial charge in [0.25, 0.3) is 0 Å². The van der Waals surface area contributed by atoms with Crippen molar-refractivity contribution < 1.29 is 9.53 Å². The maximum Gasteiger partial charge on any atom is 0.196 e. The van der Waals surface area contributed by atoms with E-state index >= 15 is 0 Å². The molecule has 31 heavy (non-hydrogen) atoms. The first-order chi connectivity index (χ1) is 15.3. The summed E-state index contributed by atoms with van der Waals surface area (Å²) in [6, 6.07) is 41.4. The van der Waals surface area contributed by atoms with Gasteiger partial charge in [0.2, 0.25) is 0 Å². The Hall–Kier alpha value is -3.06. The fourth-order valence-electron chi connectivity index (χ4n) is 3.94. The Kier molecular flexibility index (Phi) is 7.04. The van der Waals surface area contributed by atoms with E-state index in [4.69, 9.17) is 4.74 Å². The topological polar surface area (TPSA) is 26.3 Å². The van der Waals surface area contributed by atoms with Crippen LogP contribution in [0.5, 0.6) is 0 Å². The quantitative estimate of drug-likeness (QED) is 0.361. The molecule has 0 N–H and O–H groups in total. The Morgan fingerprint density at radius 1 is 0.581 bits per heavy atom. The van der Waals surface area contributed by atoms with Gasteiger partial charge >= 0.3 is 0 Å². The van der Waals surface area contributed by atoms with E-state index in [2.05, 4.69) is 72.8 Å². The smallest absolute Gasteiger partial charge is 0.196 e. The molecular formula is C28H26O2P+. The van der Waals surface area contributed by atoms with Crippen LogP contribution in [0, 0.1) is 0 Å². The van der Waals surface area contributed by atoms with Crippen LogP contribution < -0.4 is 15.9 Å². The maximum absolute atomic E-state index is 13.3. The lowest BCUT2D eigenvalue weighted by Crippen LogP contribution is -2.36. The van der Waals surface area contributed by atoms with Gasteiger partial charge in [-0.2, -0.15) is 0 Å². The zero-order valence-electron chi connectivity index (χ0n) is 17.4. The number of ether oxygens (including phenoxy) is 1. The van der Waals surface area contributed by atoms with Crippen molar-refractivity contribution in [2.75, 3.05) is 12.8 Å². The number of Topliss-reactive ketones (excluding diaryl/α,β-unsaturated/α-hetero) is 1. The van der Waals surface area contributed by atoms with Crippen LogP contribution in [-0.2, 0) is 16.1 Å². The molecule has 4 rings (SSSR count). The summed E-state index contributed by atoms with van der Waals surface area (Å²) >= 11 is 0. The predicted molar refractivity (Wildman–Crippen MR) is 131 cm³/mol. The van der Waals surface area contributed by atoms with Crippen LogP contribution in [0.1, 0.15) is 5.56 Å². The van der Waals surface area contributed by atoms with Crippen molar-refractivity contribution in [3.8, 4) is 0 Å². The van der Waals surface area contributed by atoms with E-state index in [1.807, 2.05) is 48.5 Å². The molecule has 0 radical (unpaired) electrons. The first-order valence-electron chi connectivity index (χ1n) is 10.5. The fraction of sp³-hybridized carbons (Fsp3) is 0.107. The lowest BCUT2D eigenvalue weighted by atomic mass is 10.2. The highest BCUT2D eigenvalue weighted by molar-refractivity contribution is 7.96. The zero-order valence-corrected chi connectivity index (χ0v) is 18.3. The third-order valence-electron chi connectivity index (χ3n) is 5.38. The molecule has 4 aromatic rings. The minimum absolute atomic E-state index is 0.114. The highest BCUT2D eigenvalue weighted by Crippen LogP contribution is 2.55. The second-order valence-corrected chi connectivity index (χ2v) is 11.0. The summed E-state index contributed by atoms with van der Waals surface area (Å²) in [4.78, 5) is 13.3. The van der Waals surface area contributed by atoms with E-state index < -0.39 is 7.26 Å². The summed E-state index contributed by atoms with van der Waals surface area (Å²) in [6.07, 6.45) is 0.444. The van der Waals surface area contributed by atoms with E-state index in [0.717, 1.165) is 5.56 Å². The molecule has 0 bridgehead atoms. The highest BCUT2D eigenvalue weighted by atomic mass is 31.2. The number of carbonyl (C=O) groups is 1. The first-order valence-corrected chi connectivity index (χ1v) is 12.4. The highest BCUT2D eigenvalue weighted by Gasteiger charge is 2.46. The van der Waals surface area contributed by atoms with Crippen LogP contribution in [0.4, 0.5) is 0 Å². The number of carbonyl (C=O) groups excluding carboxylic acids is 1. The van der Waals surface area contributed by atoms with Gasteiger partial charge in [0.05, 0.1) is 6.61 Å². The summed E-state index contributed by atoms with van der Waals surface area (Å²) in [6.45, 7) is 0.559. The number of hydrogen-bond acceptors (Lipinski definition) is 2. The summed E-state index contributed by atoms with van der Waals surface area (Å²) < 4.78 is 5.80. The van der Waals surface area contributed by atoms with E-state index in [9.17, 15) is 4.79 Å². The number of rotatable bonds is 9. The van der Waals surface area contributed by atoms with Gasteiger partial charge < -0.3 is 4.74 Å². The van der Waals surface area contributed by atoms with Gasteiger partial charge in [-0.1, -0.05) is 84.9 Å². The van der Waals surface area contributed by atoms with E-state index in [1.54, 1.807) is 0 Å². The molecule has 0 saturated carbocycles. The Bertz CT molecular complexity index is 984. The molecule has 0 atom stereocenters. The third kappa shape index (κ3) is 4.99. The van der Waals surface area contributed by atoms with Gasteiger partial charge in [-0.15, -0.1) is 0 Å². The summed E-state index contributed by atoms with van der Waals surface area (Å²) in [5.74, 6) is 0.126. The Balaban J connectivity index is 1.67. The zero-order chi connectivity index (χ0) is 21.4. The minimum Gasteiger partial charge on any atom is -0.369 e. The van der Waals surface area contributed by atoms with Crippen molar-refractivity contribution in [2.45, 2.75) is 6.61 Å². The van der Waals surface area contributed by atoms with Crippen molar-refractivity contribution in [3.63, 3.8) is 0 Å². The molecule has 0 unspecified atom stereocenters. The molecule has 2 nitrogen and oxygen atoms in total. The van der Waals surface area contributed by atoms with Crippen molar-refractivity contribution in [2.24, 2.45) is 0 Å². The standard InChI is InChI=1S/C28H26O2P/c29-25(22-30-21-24-13-5-1-6-14-24)23-31(26-15-7-2-8-16-26,27-17-9-3-10-18-27)28-19-11-4-12-20-28/h1-20H,21-23H2/q+1. The molecule has 0 saturated heterocycles. The van der Waals surface area contributed by atoms with Crippen LogP contribution in [0.15, 0.2) is 121 Å². The summed E-state index contributed by atoms with van der Waals surface area (Å²) in [7, 11) is -2.15.